The lowest BCUT2D eigenvalue weighted by atomic mass is 10.0. The highest BCUT2D eigenvalue weighted by Crippen LogP contribution is 2.31. The first-order valence-electron chi connectivity index (χ1n) is 11.9. The van der Waals surface area contributed by atoms with Crippen LogP contribution in [-0.4, -0.2) is 63.7 Å². The van der Waals surface area contributed by atoms with Gasteiger partial charge >= 0.3 is 11.9 Å². The molecule has 0 saturated heterocycles. The van der Waals surface area contributed by atoms with Gasteiger partial charge < -0.3 is 14.2 Å². The Morgan fingerprint density at radius 1 is 1.15 bits per heavy atom. The number of unbranched alkanes of at least 4 members (excludes halogenated alkanes) is 3. The van der Waals surface area contributed by atoms with Crippen LogP contribution < -0.4 is 4.74 Å². The average Bonchev–Trinajstić information content (AvgIpc) is 3.19. The first-order chi connectivity index (χ1) is 15.5. The van der Waals surface area contributed by atoms with Gasteiger partial charge in [0.05, 0.1) is 44.8 Å². The maximum absolute atomic E-state index is 12.4. The number of esters is 2. The summed E-state index contributed by atoms with van der Waals surface area (Å²) in [4.78, 5) is 24.3. The highest BCUT2D eigenvalue weighted by Gasteiger charge is 2.36. The molecular formula is C24H40N3O5S+. The van der Waals surface area contributed by atoms with E-state index in [1.54, 1.807) is 20.8 Å². The molecule has 8 nitrogen and oxygen atoms in total. The van der Waals surface area contributed by atoms with Crippen LogP contribution in [0.25, 0.3) is 5.57 Å². The van der Waals surface area contributed by atoms with Gasteiger partial charge in [-0.1, -0.05) is 32.3 Å². The van der Waals surface area contributed by atoms with Gasteiger partial charge in [-0.3, -0.25) is 14.1 Å². The van der Waals surface area contributed by atoms with Crippen LogP contribution in [0.4, 0.5) is 0 Å². The summed E-state index contributed by atoms with van der Waals surface area (Å²) in [6.45, 7) is 11.7. The first kappa shape index (κ1) is 27.2. The van der Waals surface area contributed by atoms with Crippen molar-refractivity contribution >= 4 is 29.2 Å². The van der Waals surface area contributed by atoms with Crippen molar-refractivity contribution in [2.24, 2.45) is 0 Å². The quantitative estimate of drug-likeness (QED) is 0.241. The second-order valence-electron chi connectivity index (χ2n) is 9.88. The summed E-state index contributed by atoms with van der Waals surface area (Å²) in [5, 5.41) is 0. The first-order valence-corrected chi connectivity index (χ1v) is 12.7. The van der Waals surface area contributed by atoms with E-state index in [0.717, 1.165) is 48.8 Å². The summed E-state index contributed by atoms with van der Waals surface area (Å²) in [6.07, 6.45) is 7.25. The lowest BCUT2D eigenvalue weighted by Crippen LogP contribution is -2.55. The van der Waals surface area contributed by atoms with Gasteiger partial charge in [0.1, 0.15) is 17.8 Å². The van der Waals surface area contributed by atoms with Crippen LogP contribution in [0.15, 0.2) is 6.08 Å². The number of ether oxygens (including phenoxy) is 3. The van der Waals surface area contributed by atoms with E-state index >= 15 is 0 Å². The Balaban J connectivity index is 1.90. The van der Waals surface area contributed by atoms with Crippen LogP contribution in [0.1, 0.15) is 85.3 Å². The van der Waals surface area contributed by atoms with Crippen LogP contribution in [0.3, 0.4) is 0 Å². The number of aromatic nitrogens is 2. The summed E-state index contributed by atoms with van der Waals surface area (Å²) in [5.41, 5.74) is 1.30. The molecule has 0 saturated carbocycles. The predicted octanol–water partition coefficient (Wildman–Crippen LogP) is 4.74. The van der Waals surface area contributed by atoms with Crippen LogP contribution in [0.5, 0.6) is 5.88 Å². The van der Waals surface area contributed by atoms with Crippen LogP contribution >= 0.6 is 11.7 Å². The molecule has 1 aliphatic rings. The zero-order chi connectivity index (χ0) is 24.5. The van der Waals surface area contributed by atoms with Crippen molar-refractivity contribution in [2.45, 2.75) is 91.4 Å². The van der Waals surface area contributed by atoms with Crippen molar-refractivity contribution in [3.05, 3.63) is 11.8 Å². The van der Waals surface area contributed by atoms with Crippen molar-refractivity contribution in [3.63, 3.8) is 0 Å². The highest BCUT2D eigenvalue weighted by molar-refractivity contribution is 6.99. The minimum Gasteiger partial charge on any atom is -0.475 e. The summed E-state index contributed by atoms with van der Waals surface area (Å²) < 4.78 is 26.3. The third-order valence-electron chi connectivity index (χ3n) is 5.69. The van der Waals surface area contributed by atoms with E-state index in [0.29, 0.717) is 23.5 Å². The summed E-state index contributed by atoms with van der Waals surface area (Å²) in [5.74, 6) is -0.192. The van der Waals surface area contributed by atoms with Crippen LogP contribution in [0.2, 0.25) is 0 Å². The molecule has 0 aromatic carbocycles. The molecule has 0 bridgehead atoms. The molecule has 0 aliphatic carbocycles. The van der Waals surface area contributed by atoms with E-state index in [4.69, 9.17) is 14.2 Å². The van der Waals surface area contributed by atoms with Crippen LogP contribution in [-0.2, 0) is 19.1 Å². The Morgan fingerprint density at radius 2 is 1.88 bits per heavy atom. The largest absolute Gasteiger partial charge is 0.475 e. The fourth-order valence-electron chi connectivity index (χ4n) is 3.69. The Labute approximate surface area is 202 Å². The molecule has 2 atom stereocenters. The molecule has 33 heavy (non-hydrogen) atoms. The van der Waals surface area contributed by atoms with Gasteiger partial charge in [-0.05, 0) is 27.2 Å². The molecule has 186 valence electrons. The maximum atomic E-state index is 12.4. The van der Waals surface area contributed by atoms with Gasteiger partial charge in [0.25, 0.3) is 5.88 Å². The van der Waals surface area contributed by atoms with Crippen molar-refractivity contribution in [1.82, 2.24) is 8.75 Å². The molecule has 2 heterocycles. The number of hydrogen-bond donors (Lipinski definition) is 0. The van der Waals surface area contributed by atoms with E-state index in [9.17, 15) is 9.59 Å². The second kappa shape index (κ2) is 12.5. The van der Waals surface area contributed by atoms with Gasteiger partial charge in [0, 0.05) is 18.9 Å². The molecule has 1 aromatic rings. The molecule has 0 radical (unpaired) electrons. The molecule has 0 spiro atoms. The van der Waals surface area contributed by atoms with Crippen molar-refractivity contribution < 1.29 is 28.3 Å². The van der Waals surface area contributed by atoms with Gasteiger partial charge in [-0.2, -0.15) is 4.37 Å². The Kier molecular flexibility index (Phi) is 10.3. The number of nitrogens with zero attached hydrogens (tertiary/aromatic N) is 3. The molecular weight excluding hydrogens is 442 g/mol. The molecule has 9 heteroatoms. The van der Waals surface area contributed by atoms with Gasteiger partial charge in [-0.25, -0.2) is 0 Å². The number of carbonyl (C=O) groups is 2. The van der Waals surface area contributed by atoms with Gasteiger partial charge in [0.15, 0.2) is 0 Å². The molecule has 1 unspecified atom stereocenters. The van der Waals surface area contributed by atoms with E-state index in [1.807, 2.05) is 6.92 Å². The van der Waals surface area contributed by atoms with Crippen molar-refractivity contribution in [3.8, 4) is 5.88 Å². The average molecular weight is 483 g/mol. The zero-order valence-corrected chi connectivity index (χ0v) is 21.8. The number of likely N-dealkylation sites (N-methyl/N-ethyl adjacent to an activating group) is 1. The Hall–Kier alpha value is -2.00. The van der Waals surface area contributed by atoms with Gasteiger partial charge in [-0.15, -0.1) is 4.37 Å². The summed E-state index contributed by atoms with van der Waals surface area (Å²) in [7, 11) is 2.07. The topological polar surface area (TPSA) is 87.6 Å². The second-order valence-corrected chi connectivity index (χ2v) is 10.4. The maximum Gasteiger partial charge on any atom is 0.310 e. The fourth-order valence-corrected chi connectivity index (χ4v) is 4.22. The Bertz CT molecular complexity index is 817. The number of hydrogen-bond acceptors (Lipinski definition) is 8. The standard InChI is InChI=1S/C24H40N3O5S/c1-7-8-9-10-16-30-23-22(25-33-26-23)19-12-11-15-27(6,17-19)18(2)31-20(28)13-14-21(29)32-24(3,4)5/h12,18H,7-11,13-17H2,1-6H3/q+1/t18-,27?/m1/s1. The summed E-state index contributed by atoms with van der Waals surface area (Å²) >= 11 is 1.16. The molecule has 2 rings (SSSR count). The van der Waals surface area contributed by atoms with Gasteiger partial charge in [0.2, 0.25) is 6.23 Å². The monoisotopic (exact) mass is 482 g/mol. The highest BCUT2D eigenvalue weighted by atomic mass is 32.1. The third kappa shape index (κ3) is 9.04. The smallest absolute Gasteiger partial charge is 0.310 e. The van der Waals surface area contributed by atoms with E-state index < -0.39 is 17.5 Å². The fraction of sp³-hybridized carbons (Fsp3) is 0.750. The van der Waals surface area contributed by atoms with Crippen LogP contribution in [0, 0.1) is 0 Å². The molecule has 0 fully saturated rings. The minimum atomic E-state index is -0.563. The van der Waals surface area contributed by atoms with E-state index in [2.05, 4.69) is 28.8 Å². The third-order valence-corrected chi connectivity index (χ3v) is 6.21. The van der Waals surface area contributed by atoms with E-state index in [1.165, 1.54) is 12.8 Å². The summed E-state index contributed by atoms with van der Waals surface area (Å²) in [6, 6.07) is 0. The molecule has 0 N–H and O–H groups in total. The predicted molar refractivity (Wildman–Crippen MR) is 129 cm³/mol. The Morgan fingerprint density at radius 3 is 2.58 bits per heavy atom. The van der Waals surface area contributed by atoms with Crippen molar-refractivity contribution in [1.29, 1.82) is 0 Å². The number of rotatable bonds is 12. The molecule has 1 aliphatic heterocycles. The number of quaternary nitrogens is 1. The molecule has 1 aromatic heterocycles. The molecule has 0 amide bonds. The lowest BCUT2D eigenvalue weighted by molar-refractivity contribution is -0.944. The number of carbonyl (C=O) groups excluding carboxylic acids is 2. The van der Waals surface area contributed by atoms with E-state index in [-0.39, 0.29) is 19.1 Å². The van der Waals surface area contributed by atoms with Crippen molar-refractivity contribution in [2.75, 3.05) is 26.7 Å². The normalized spacial score (nSPS) is 19.5. The minimum absolute atomic E-state index is 0.00791. The lowest BCUT2D eigenvalue weighted by Gasteiger charge is -2.41. The SMILES string of the molecule is CCCCCCOc1nsnc1C1=CCC[N+](C)([C@@H](C)OC(=O)CCC(=O)OC(C)(C)C)C1. The zero-order valence-electron chi connectivity index (χ0n) is 21.0.